The second-order valence-corrected chi connectivity index (χ2v) is 9.74. The monoisotopic (exact) mass is 363 g/mol. The molecule has 0 spiro atoms. The Morgan fingerprint density at radius 1 is 1.08 bits per heavy atom. The van der Waals surface area contributed by atoms with E-state index in [1.54, 1.807) is 4.90 Å². The molecule has 1 aromatic rings. The maximum absolute atomic E-state index is 13.0. The standard InChI is InChI=1S/C20H29NO3S/c1-2-13-21(19-12-14-25(23,24)15-19)20(22)18-10-8-17(9-11-18)16-6-4-3-5-7-16/h8-11,16,19H,2-7,12-15H2,1H3. The Morgan fingerprint density at radius 2 is 1.76 bits per heavy atom. The van der Waals surface area contributed by atoms with Crippen LogP contribution >= 0.6 is 0 Å². The Bertz CT molecular complexity index is 690. The molecule has 5 heteroatoms. The number of hydrogen-bond acceptors (Lipinski definition) is 3. The van der Waals surface area contributed by atoms with Gasteiger partial charge in [-0.3, -0.25) is 4.79 Å². The van der Waals surface area contributed by atoms with Crippen molar-refractivity contribution in [1.29, 1.82) is 0 Å². The topological polar surface area (TPSA) is 54.5 Å². The van der Waals surface area contributed by atoms with Crippen molar-refractivity contribution in [3.05, 3.63) is 35.4 Å². The minimum Gasteiger partial charge on any atom is -0.335 e. The summed E-state index contributed by atoms with van der Waals surface area (Å²) in [4.78, 5) is 14.7. The molecule has 1 heterocycles. The Balaban J connectivity index is 1.73. The highest BCUT2D eigenvalue weighted by Crippen LogP contribution is 2.32. The quantitative estimate of drug-likeness (QED) is 0.800. The van der Waals surface area contributed by atoms with Crippen molar-refractivity contribution >= 4 is 15.7 Å². The van der Waals surface area contributed by atoms with Gasteiger partial charge in [-0.05, 0) is 49.3 Å². The van der Waals surface area contributed by atoms with E-state index in [-0.39, 0.29) is 23.5 Å². The first-order valence-corrected chi connectivity index (χ1v) is 11.4. The van der Waals surface area contributed by atoms with Gasteiger partial charge in [-0.25, -0.2) is 8.42 Å². The van der Waals surface area contributed by atoms with Gasteiger partial charge in [0.25, 0.3) is 5.91 Å². The molecule has 2 fully saturated rings. The highest BCUT2D eigenvalue weighted by atomic mass is 32.2. The Hall–Kier alpha value is -1.36. The average molecular weight is 364 g/mol. The van der Waals surface area contributed by atoms with E-state index in [9.17, 15) is 13.2 Å². The maximum atomic E-state index is 13.0. The zero-order valence-corrected chi connectivity index (χ0v) is 15.9. The summed E-state index contributed by atoms with van der Waals surface area (Å²) in [6, 6.07) is 7.88. The third-order valence-electron chi connectivity index (χ3n) is 5.61. The van der Waals surface area contributed by atoms with Gasteiger partial charge in [0.2, 0.25) is 0 Å². The van der Waals surface area contributed by atoms with Gasteiger partial charge in [-0.2, -0.15) is 0 Å². The number of hydrogen-bond donors (Lipinski definition) is 0. The van der Waals surface area contributed by atoms with Crippen LogP contribution in [-0.4, -0.2) is 43.3 Å². The first kappa shape index (κ1) is 18.4. The van der Waals surface area contributed by atoms with E-state index in [2.05, 4.69) is 12.1 Å². The smallest absolute Gasteiger partial charge is 0.254 e. The summed E-state index contributed by atoms with van der Waals surface area (Å²) in [5.41, 5.74) is 2.01. The van der Waals surface area contributed by atoms with Gasteiger partial charge >= 0.3 is 0 Å². The van der Waals surface area contributed by atoms with Gasteiger partial charge in [0, 0.05) is 18.2 Å². The molecule has 0 radical (unpaired) electrons. The number of rotatable bonds is 5. The molecule has 138 valence electrons. The molecule has 1 aromatic carbocycles. The summed E-state index contributed by atoms with van der Waals surface area (Å²) in [5.74, 6) is 0.911. The van der Waals surface area contributed by atoms with Crippen LogP contribution < -0.4 is 0 Å². The van der Waals surface area contributed by atoms with Gasteiger partial charge in [-0.15, -0.1) is 0 Å². The lowest BCUT2D eigenvalue weighted by atomic mass is 9.84. The van der Waals surface area contributed by atoms with Crippen molar-refractivity contribution in [1.82, 2.24) is 4.90 Å². The molecular weight excluding hydrogens is 334 g/mol. The molecule has 4 nitrogen and oxygen atoms in total. The number of nitrogens with zero attached hydrogens (tertiary/aromatic N) is 1. The predicted octanol–water partition coefficient (Wildman–Crippen LogP) is 3.77. The number of amides is 1. The Labute approximate surface area is 151 Å². The van der Waals surface area contributed by atoms with Crippen molar-refractivity contribution in [2.45, 2.75) is 63.8 Å². The highest BCUT2D eigenvalue weighted by molar-refractivity contribution is 7.91. The van der Waals surface area contributed by atoms with Gasteiger partial charge in [0.15, 0.2) is 9.84 Å². The average Bonchev–Trinajstić information content (AvgIpc) is 2.99. The number of carbonyl (C=O) groups excluding carboxylic acids is 1. The first-order chi connectivity index (χ1) is 12.0. The third-order valence-corrected chi connectivity index (χ3v) is 7.36. The van der Waals surface area contributed by atoms with Crippen LogP contribution in [0.3, 0.4) is 0 Å². The van der Waals surface area contributed by atoms with E-state index in [1.807, 2.05) is 19.1 Å². The maximum Gasteiger partial charge on any atom is 0.254 e. The summed E-state index contributed by atoms with van der Waals surface area (Å²) >= 11 is 0. The van der Waals surface area contributed by atoms with Crippen LogP contribution in [0.25, 0.3) is 0 Å². The minimum atomic E-state index is -2.99. The SMILES string of the molecule is CCCN(C(=O)c1ccc(C2CCCCC2)cc1)C1CCS(=O)(=O)C1. The van der Waals surface area contributed by atoms with Gasteiger partial charge < -0.3 is 4.90 Å². The predicted molar refractivity (Wildman–Crippen MR) is 101 cm³/mol. The molecule has 1 unspecified atom stereocenters. The fraction of sp³-hybridized carbons (Fsp3) is 0.650. The van der Waals surface area contributed by atoms with Crippen molar-refractivity contribution in [3.63, 3.8) is 0 Å². The van der Waals surface area contributed by atoms with Crippen LogP contribution in [0, 0.1) is 0 Å². The Morgan fingerprint density at radius 3 is 2.32 bits per heavy atom. The summed E-state index contributed by atoms with van der Waals surface area (Å²) in [6.07, 6.45) is 7.82. The van der Waals surface area contributed by atoms with Crippen LogP contribution in [-0.2, 0) is 9.84 Å². The van der Waals surface area contributed by atoms with E-state index in [0.29, 0.717) is 24.4 Å². The van der Waals surface area contributed by atoms with E-state index >= 15 is 0 Å². The summed E-state index contributed by atoms with van der Waals surface area (Å²) in [5, 5.41) is 0. The Kier molecular flexibility index (Phi) is 5.82. The molecule has 1 saturated carbocycles. The zero-order chi connectivity index (χ0) is 17.9. The minimum absolute atomic E-state index is 0.0286. The molecule has 0 bridgehead atoms. The molecule has 0 N–H and O–H groups in total. The van der Waals surface area contributed by atoms with Crippen LogP contribution in [0.4, 0.5) is 0 Å². The van der Waals surface area contributed by atoms with E-state index in [4.69, 9.17) is 0 Å². The number of sulfone groups is 1. The molecule has 1 aliphatic heterocycles. The molecule has 25 heavy (non-hydrogen) atoms. The van der Waals surface area contributed by atoms with Crippen LogP contribution in [0.15, 0.2) is 24.3 Å². The molecule has 1 amide bonds. The molecule has 0 aromatic heterocycles. The van der Waals surface area contributed by atoms with Crippen molar-refractivity contribution < 1.29 is 13.2 Å². The van der Waals surface area contributed by atoms with E-state index in [1.165, 1.54) is 37.7 Å². The van der Waals surface area contributed by atoms with Crippen LogP contribution in [0.1, 0.15) is 73.7 Å². The molecule has 1 aliphatic carbocycles. The lowest BCUT2D eigenvalue weighted by Gasteiger charge is -2.28. The van der Waals surface area contributed by atoms with Gasteiger partial charge in [-0.1, -0.05) is 38.3 Å². The summed E-state index contributed by atoms with van der Waals surface area (Å²) in [7, 11) is -2.99. The van der Waals surface area contributed by atoms with Crippen molar-refractivity contribution in [2.75, 3.05) is 18.1 Å². The van der Waals surface area contributed by atoms with Crippen LogP contribution in [0.2, 0.25) is 0 Å². The molecular formula is C20H29NO3S. The lowest BCUT2D eigenvalue weighted by molar-refractivity contribution is 0.0697. The lowest BCUT2D eigenvalue weighted by Crippen LogP contribution is -2.41. The fourth-order valence-corrected chi connectivity index (χ4v) is 5.94. The first-order valence-electron chi connectivity index (χ1n) is 9.61. The molecule has 2 aliphatic rings. The third kappa shape index (κ3) is 4.43. The molecule has 3 rings (SSSR count). The second kappa shape index (κ2) is 7.90. The normalized spacial score (nSPS) is 23.5. The zero-order valence-electron chi connectivity index (χ0n) is 15.1. The van der Waals surface area contributed by atoms with E-state index < -0.39 is 9.84 Å². The number of benzene rings is 1. The molecule has 1 atom stereocenters. The second-order valence-electron chi connectivity index (χ2n) is 7.51. The van der Waals surface area contributed by atoms with Gasteiger partial charge in [0.1, 0.15) is 0 Å². The largest absolute Gasteiger partial charge is 0.335 e. The number of carbonyl (C=O) groups is 1. The van der Waals surface area contributed by atoms with Crippen LogP contribution in [0.5, 0.6) is 0 Å². The van der Waals surface area contributed by atoms with Crippen molar-refractivity contribution in [3.8, 4) is 0 Å². The summed E-state index contributed by atoms with van der Waals surface area (Å²) in [6.45, 7) is 2.64. The van der Waals surface area contributed by atoms with Crippen molar-refractivity contribution in [2.24, 2.45) is 0 Å². The fourth-order valence-electron chi connectivity index (χ4n) is 4.21. The van der Waals surface area contributed by atoms with E-state index in [0.717, 1.165) is 6.42 Å². The summed E-state index contributed by atoms with van der Waals surface area (Å²) < 4.78 is 23.6. The van der Waals surface area contributed by atoms with Gasteiger partial charge in [0.05, 0.1) is 11.5 Å². The highest BCUT2D eigenvalue weighted by Gasteiger charge is 2.34. The molecule has 1 saturated heterocycles.